The quantitative estimate of drug-likeness (QED) is 0.590. The summed E-state index contributed by atoms with van der Waals surface area (Å²) >= 11 is 0. The summed E-state index contributed by atoms with van der Waals surface area (Å²) in [5.74, 6) is 0.868. The van der Waals surface area contributed by atoms with E-state index in [9.17, 15) is 13.2 Å². The lowest BCUT2D eigenvalue weighted by Gasteiger charge is -2.20. The predicted molar refractivity (Wildman–Crippen MR) is 122 cm³/mol. The lowest BCUT2D eigenvalue weighted by Crippen LogP contribution is -2.30. The standard InChI is InChI=1S/C23H32N2O5S/c1-7-25(8-2)31(27,28)18-10-12-21(29-6)20(14-18)24-23(26)15-30-22-13-17(5)9-11-19(22)16(3)4/h9-14,16H,7-8,15H2,1-6H3,(H,24,26). The first-order valence-electron chi connectivity index (χ1n) is 10.3. The summed E-state index contributed by atoms with van der Waals surface area (Å²) in [6.45, 7) is 10.1. The number of carbonyl (C=O) groups excluding carboxylic acids is 1. The molecule has 0 radical (unpaired) electrons. The topological polar surface area (TPSA) is 84.9 Å². The van der Waals surface area contributed by atoms with Gasteiger partial charge in [0.25, 0.3) is 5.91 Å². The maximum absolute atomic E-state index is 12.8. The van der Waals surface area contributed by atoms with Crippen LogP contribution < -0.4 is 14.8 Å². The van der Waals surface area contributed by atoms with Gasteiger partial charge in [-0.25, -0.2) is 8.42 Å². The number of amides is 1. The monoisotopic (exact) mass is 448 g/mol. The van der Waals surface area contributed by atoms with Crippen LogP contribution in [0.3, 0.4) is 0 Å². The van der Waals surface area contributed by atoms with Gasteiger partial charge in [0, 0.05) is 13.1 Å². The molecule has 2 aromatic rings. The van der Waals surface area contributed by atoms with Crippen molar-refractivity contribution < 1.29 is 22.7 Å². The zero-order chi connectivity index (χ0) is 23.2. The van der Waals surface area contributed by atoms with E-state index in [0.29, 0.717) is 24.6 Å². The lowest BCUT2D eigenvalue weighted by molar-refractivity contribution is -0.118. The second-order valence-electron chi connectivity index (χ2n) is 7.48. The van der Waals surface area contributed by atoms with Crippen LogP contribution in [-0.4, -0.2) is 45.4 Å². The minimum atomic E-state index is -3.66. The summed E-state index contributed by atoms with van der Waals surface area (Å²) in [6.07, 6.45) is 0. The van der Waals surface area contributed by atoms with Crippen molar-refractivity contribution >= 4 is 21.6 Å². The Kier molecular flexibility index (Phi) is 8.47. The van der Waals surface area contributed by atoms with E-state index >= 15 is 0 Å². The van der Waals surface area contributed by atoms with Crippen molar-refractivity contribution in [1.29, 1.82) is 0 Å². The first kappa shape index (κ1) is 24.7. The van der Waals surface area contributed by atoms with E-state index < -0.39 is 15.9 Å². The van der Waals surface area contributed by atoms with Gasteiger partial charge in [0.2, 0.25) is 10.0 Å². The van der Waals surface area contributed by atoms with E-state index in [-0.39, 0.29) is 23.1 Å². The van der Waals surface area contributed by atoms with Gasteiger partial charge in [0.1, 0.15) is 11.5 Å². The summed E-state index contributed by atoms with van der Waals surface area (Å²) in [6, 6.07) is 10.3. The number of carbonyl (C=O) groups is 1. The van der Waals surface area contributed by atoms with E-state index in [1.54, 1.807) is 13.8 Å². The lowest BCUT2D eigenvalue weighted by atomic mass is 10.0. The van der Waals surface area contributed by atoms with Gasteiger partial charge in [-0.3, -0.25) is 4.79 Å². The van der Waals surface area contributed by atoms with E-state index in [4.69, 9.17) is 9.47 Å². The normalized spacial score (nSPS) is 11.6. The molecule has 2 aromatic carbocycles. The molecule has 0 saturated heterocycles. The van der Waals surface area contributed by atoms with E-state index in [1.165, 1.54) is 29.6 Å². The molecule has 0 bridgehead atoms. The van der Waals surface area contributed by atoms with Crippen LogP contribution in [0.1, 0.15) is 44.7 Å². The number of hydrogen-bond donors (Lipinski definition) is 1. The zero-order valence-electron chi connectivity index (χ0n) is 19.1. The Morgan fingerprint density at radius 2 is 1.74 bits per heavy atom. The van der Waals surface area contributed by atoms with Gasteiger partial charge in [-0.1, -0.05) is 39.8 Å². The van der Waals surface area contributed by atoms with Crippen LogP contribution in [0.15, 0.2) is 41.3 Å². The molecule has 0 heterocycles. The minimum Gasteiger partial charge on any atom is -0.495 e. The summed E-state index contributed by atoms with van der Waals surface area (Å²) in [7, 11) is -2.20. The average molecular weight is 449 g/mol. The maximum atomic E-state index is 12.8. The Balaban J connectivity index is 2.22. The molecule has 0 spiro atoms. The number of benzene rings is 2. The third kappa shape index (κ3) is 5.98. The molecule has 0 aliphatic rings. The van der Waals surface area contributed by atoms with Gasteiger partial charge in [-0.2, -0.15) is 4.31 Å². The molecule has 0 aromatic heterocycles. The molecule has 8 heteroatoms. The van der Waals surface area contributed by atoms with Gasteiger partial charge in [-0.05, 0) is 48.2 Å². The van der Waals surface area contributed by atoms with Crippen LogP contribution in [0.4, 0.5) is 5.69 Å². The summed E-state index contributed by atoms with van der Waals surface area (Å²) in [4.78, 5) is 12.7. The molecule has 0 fully saturated rings. The van der Waals surface area contributed by atoms with Crippen molar-refractivity contribution in [2.75, 3.05) is 32.1 Å². The number of aryl methyl sites for hydroxylation is 1. The molecule has 7 nitrogen and oxygen atoms in total. The summed E-state index contributed by atoms with van der Waals surface area (Å²) < 4.78 is 38.1. The number of nitrogens with one attached hydrogen (secondary N) is 1. The Morgan fingerprint density at radius 3 is 2.32 bits per heavy atom. The van der Waals surface area contributed by atoms with Gasteiger partial charge in [0.05, 0.1) is 17.7 Å². The summed E-state index contributed by atoms with van der Waals surface area (Å²) in [5.41, 5.74) is 2.33. The molecule has 0 atom stereocenters. The van der Waals surface area contributed by atoms with E-state index in [1.807, 2.05) is 25.1 Å². The Bertz CT molecular complexity index is 1010. The SMILES string of the molecule is CCN(CC)S(=O)(=O)c1ccc(OC)c(NC(=O)COc2cc(C)ccc2C(C)C)c1. The average Bonchev–Trinajstić information content (AvgIpc) is 2.72. The van der Waals surface area contributed by atoms with Crippen LogP contribution in [0.25, 0.3) is 0 Å². The predicted octanol–water partition coefficient (Wildman–Crippen LogP) is 4.18. The molecule has 0 unspecified atom stereocenters. The molecule has 170 valence electrons. The third-order valence-electron chi connectivity index (χ3n) is 4.94. The number of anilines is 1. The highest BCUT2D eigenvalue weighted by Gasteiger charge is 2.23. The van der Waals surface area contributed by atoms with Crippen LogP contribution in [0.5, 0.6) is 11.5 Å². The highest BCUT2D eigenvalue weighted by atomic mass is 32.2. The fraction of sp³-hybridized carbons (Fsp3) is 0.435. The highest BCUT2D eigenvalue weighted by Crippen LogP contribution is 2.30. The largest absolute Gasteiger partial charge is 0.495 e. The van der Waals surface area contributed by atoms with Crippen LogP contribution in [0, 0.1) is 6.92 Å². The van der Waals surface area contributed by atoms with E-state index in [0.717, 1.165) is 11.1 Å². The third-order valence-corrected chi connectivity index (χ3v) is 6.98. The first-order chi connectivity index (χ1) is 14.6. The van der Waals surface area contributed by atoms with Crippen molar-refractivity contribution in [3.05, 3.63) is 47.5 Å². The molecular weight excluding hydrogens is 416 g/mol. The smallest absolute Gasteiger partial charge is 0.262 e. The number of methoxy groups -OCH3 is 1. The molecular formula is C23H32N2O5S. The maximum Gasteiger partial charge on any atom is 0.262 e. The summed E-state index contributed by atoms with van der Waals surface area (Å²) in [5, 5.41) is 2.71. The molecule has 0 saturated carbocycles. The Morgan fingerprint density at radius 1 is 1.06 bits per heavy atom. The number of nitrogens with zero attached hydrogens (tertiary/aromatic N) is 1. The number of ether oxygens (including phenoxy) is 2. The Labute approximate surface area is 185 Å². The Hall–Kier alpha value is -2.58. The highest BCUT2D eigenvalue weighted by molar-refractivity contribution is 7.89. The molecule has 0 aliphatic heterocycles. The molecule has 2 rings (SSSR count). The van der Waals surface area contributed by atoms with Gasteiger partial charge < -0.3 is 14.8 Å². The second-order valence-corrected chi connectivity index (χ2v) is 9.42. The van der Waals surface area contributed by atoms with E-state index in [2.05, 4.69) is 19.2 Å². The van der Waals surface area contributed by atoms with Crippen LogP contribution in [0.2, 0.25) is 0 Å². The van der Waals surface area contributed by atoms with Crippen LogP contribution >= 0.6 is 0 Å². The first-order valence-corrected chi connectivity index (χ1v) is 11.8. The fourth-order valence-electron chi connectivity index (χ4n) is 3.23. The number of sulfonamides is 1. The second kappa shape index (κ2) is 10.6. The van der Waals surface area contributed by atoms with Gasteiger partial charge in [-0.15, -0.1) is 0 Å². The van der Waals surface area contributed by atoms with Crippen molar-refractivity contribution in [1.82, 2.24) is 4.31 Å². The van der Waals surface area contributed by atoms with Crippen LogP contribution in [-0.2, 0) is 14.8 Å². The van der Waals surface area contributed by atoms with Gasteiger partial charge in [0.15, 0.2) is 6.61 Å². The van der Waals surface area contributed by atoms with Crippen molar-refractivity contribution in [2.45, 2.75) is 45.4 Å². The number of rotatable bonds is 10. The van der Waals surface area contributed by atoms with Gasteiger partial charge >= 0.3 is 0 Å². The van der Waals surface area contributed by atoms with Crippen molar-refractivity contribution in [2.24, 2.45) is 0 Å². The zero-order valence-corrected chi connectivity index (χ0v) is 19.9. The van der Waals surface area contributed by atoms with Crippen molar-refractivity contribution in [3.63, 3.8) is 0 Å². The van der Waals surface area contributed by atoms with Crippen molar-refractivity contribution in [3.8, 4) is 11.5 Å². The molecule has 31 heavy (non-hydrogen) atoms. The fourth-order valence-corrected chi connectivity index (χ4v) is 4.72. The molecule has 0 aliphatic carbocycles. The molecule has 1 amide bonds. The molecule has 1 N–H and O–H groups in total. The number of hydrogen-bond acceptors (Lipinski definition) is 5. The minimum absolute atomic E-state index is 0.0917.